The predicted molar refractivity (Wildman–Crippen MR) is 134 cm³/mol. The first-order chi connectivity index (χ1) is 16.2. The molecule has 2 aliphatic rings. The zero-order valence-electron chi connectivity index (χ0n) is 19.3. The zero-order chi connectivity index (χ0) is 22.8. The second-order valence-corrected chi connectivity index (χ2v) is 8.63. The highest BCUT2D eigenvalue weighted by Gasteiger charge is 2.43. The van der Waals surface area contributed by atoms with Crippen LogP contribution in [0.3, 0.4) is 0 Å². The fraction of sp³-hybridized carbons (Fsp3) is 0.250. The predicted octanol–water partition coefficient (Wildman–Crippen LogP) is 5.27. The molecule has 0 aliphatic carbocycles. The number of piperidine rings is 1. The molecule has 33 heavy (non-hydrogen) atoms. The SMILES string of the molecule is COc1ccc(/C=C2/CN(C)C[C@H]3C2=NN(c2ccccc2)[C@@H]3c2ccc(OC)cc2)cc1. The summed E-state index contributed by atoms with van der Waals surface area (Å²) in [6, 6.07) is 27.2. The topological polar surface area (TPSA) is 37.3 Å². The second-order valence-electron chi connectivity index (χ2n) is 8.63. The Morgan fingerprint density at radius 1 is 0.848 bits per heavy atom. The monoisotopic (exact) mass is 439 g/mol. The largest absolute Gasteiger partial charge is 0.497 e. The molecule has 5 rings (SSSR count). The van der Waals surface area contributed by atoms with Crippen molar-refractivity contribution < 1.29 is 9.47 Å². The number of para-hydroxylation sites is 1. The van der Waals surface area contributed by atoms with Crippen molar-refractivity contribution >= 4 is 17.5 Å². The van der Waals surface area contributed by atoms with Gasteiger partial charge in [0.15, 0.2) is 0 Å². The Hall–Kier alpha value is -3.57. The van der Waals surface area contributed by atoms with Gasteiger partial charge in [-0.15, -0.1) is 0 Å². The molecule has 0 amide bonds. The molecule has 0 unspecified atom stereocenters. The number of benzene rings is 3. The molecular formula is C28H29N3O2. The summed E-state index contributed by atoms with van der Waals surface area (Å²) < 4.78 is 10.7. The summed E-state index contributed by atoms with van der Waals surface area (Å²) >= 11 is 0. The number of nitrogens with zero attached hydrogens (tertiary/aromatic N) is 3. The third-order valence-electron chi connectivity index (χ3n) is 6.42. The minimum absolute atomic E-state index is 0.121. The normalized spacial score (nSPS) is 21.6. The van der Waals surface area contributed by atoms with E-state index in [0.29, 0.717) is 0 Å². The van der Waals surface area contributed by atoms with Gasteiger partial charge in [0, 0.05) is 19.0 Å². The molecule has 0 radical (unpaired) electrons. The first kappa shape index (κ1) is 21.3. The molecule has 0 aromatic heterocycles. The van der Waals surface area contributed by atoms with Crippen molar-refractivity contribution in [3.8, 4) is 11.5 Å². The number of hydrazone groups is 1. The van der Waals surface area contributed by atoms with Crippen LogP contribution in [0.15, 0.2) is 89.5 Å². The third-order valence-corrected chi connectivity index (χ3v) is 6.42. The van der Waals surface area contributed by atoms with E-state index in [1.165, 1.54) is 16.8 Å². The number of anilines is 1. The Morgan fingerprint density at radius 3 is 2.12 bits per heavy atom. The van der Waals surface area contributed by atoms with E-state index in [9.17, 15) is 0 Å². The molecule has 5 nitrogen and oxygen atoms in total. The standard InChI is InChI=1S/C28H29N3O2/c1-30-18-22(17-20-9-13-24(32-2)14-10-20)27-26(19-30)28(21-11-15-25(33-3)16-12-21)31(29-27)23-7-5-4-6-8-23/h4-17,26,28H,18-19H2,1-3H3/b22-17-/t26-,28+/m0/s1. The van der Waals surface area contributed by atoms with Gasteiger partial charge in [-0.2, -0.15) is 5.10 Å². The molecule has 2 heterocycles. The number of rotatable bonds is 5. The molecule has 0 saturated carbocycles. The molecule has 0 bridgehead atoms. The van der Waals surface area contributed by atoms with Gasteiger partial charge in [0.25, 0.3) is 0 Å². The molecule has 2 aliphatic heterocycles. The van der Waals surface area contributed by atoms with Gasteiger partial charge in [-0.3, -0.25) is 5.01 Å². The Balaban J connectivity index is 1.57. The van der Waals surface area contributed by atoms with Crippen molar-refractivity contribution in [1.29, 1.82) is 0 Å². The first-order valence-corrected chi connectivity index (χ1v) is 11.3. The highest BCUT2D eigenvalue weighted by atomic mass is 16.5. The van der Waals surface area contributed by atoms with Crippen LogP contribution in [0.5, 0.6) is 11.5 Å². The van der Waals surface area contributed by atoms with Crippen molar-refractivity contribution in [2.45, 2.75) is 6.04 Å². The van der Waals surface area contributed by atoms with Crippen LogP contribution in [-0.2, 0) is 0 Å². The van der Waals surface area contributed by atoms with E-state index in [2.05, 4.69) is 71.6 Å². The van der Waals surface area contributed by atoms with E-state index in [4.69, 9.17) is 14.6 Å². The summed E-state index contributed by atoms with van der Waals surface area (Å²) in [6.45, 7) is 1.83. The van der Waals surface area contributed by atoms with Gasteiger partial charge in [0.05, 0.1) is 31.7 Å². The van der Waals surface area contributed by atoms with Crippen molar-refractivity contribution in [3.63, 3.8) is 0 Å². The van der Waals surface area contributed by atoms with E-state index in [1.807, 2.05) is 30.3 Å². The smallest absolute Gasteiger partial charge is 0.118 e. The summed E-state index contributed by atoms with van der Waals surface area (Å²) in [5.74, 6) is 2.00. The maximum Gasteiger partial charge on any atom is 0.118 e. The third kappa shape index (κ3) is 4.24. The summed E-state index contributed by atoms with van der Waals surface area (Å²) in [5, 5.41) is 7.42. The Bertz CT molecular complexity index is 1150. The molecular weight excluding hydrogens is 410 g/mol. The number of fused-ring (bicyclic) bond motifs is 1. The van der Waals surface area contributed by atoms with E-state index < -0.39 is 0 Å². The van der Waals surface area contributed by atoms with Crippen molar-refractivity contribution in [2.75, 3.05) is 39.4 Å². The lowest BCUT2D eigenvalue weighted by Gasteiger charge is -2.34. The summed E-state index contributed by atoms with van der Waals surface area (Å²) in [4.78, 5) is 2.39. The van der Waals surface area contributed by atoms with Crippen LogP contribution >= 0.6 is 0 Å². The molecule has 0 spiro atoms. The van der Waals surface area contributed by atoms with Gasteiger partial charge in [0.1, 0.15) is 11.5 Å². The van der Waals surface area contributed by atoms with E-state index >= 15 is 0 Å². The highest BCUT2D eigenvalue weighted by Crippen LogP contribution is 2.43. The van der Waals surface area contributed by atoms with Crippen LogP contribution < -0.4 is 14.5 Å². The maximum absolute atomic E-state index is 5.40. The van der Waals surface area contributed by atoms with E-state index in [0.717, 1.165) is 35.8 Å². The first-order valence-electron chi connectivity index (χ1n) is 11.3. The lowest BCUT2D eigenvalue weighted by molar-refractivity contribution is 0.303. The Labute approximate surface area is 195 Å². The van der Waals surface area contributed by atoms with Gasteiger partial charge < -0.3 is 14.4 Å². The van der Waals surface area contributed by atoms with E-state index in [1.54, 1.807) is 14.2 Å². The summed E-state index contributed by atoms with van der Waals surface area (Å²) in [7, 11) is 5.59. The number of hydrogen-bond donors (Lipinski definition) is 0. The van der Waals surface area contributed by atoms with E-state index in [-0.39, 0.29) is 12.0 Å². The molecule has 168 valence electrons. The summed E-state index contributed by atoms with van der Waals surface area (Å²) in [5.41, 5.74) is 5.93. The number of hydrogen-bond acceptors (Lipinski definition) is 5. The molecule has 1 fully saturated rings. The average molecular weight is 440 g/mol. The maximum atomic E-state index is 5.40. The van der Waals surface area contributed by atoms with Crippen LogP contribution in [0.1, 0.15) is 17.2 Å². The average Bonchev–Trinajstić information content (AvgIpc) is 3.24. The molecule has 0 N–H and O–H groups in total. The lowest BCUT2D eigenvalue weighted by atomic mass is 9.83. The Morgan fingerprint density at radius 2 is 1.48 bits per heavy atom. The second kappa shape index (κ2) is 9.12. The molecule has 2 atom stereocenters. The molecule has 1 saturated heterocycles. The Kier molecular flexibility index (Phi) is 5.88. The fourth-order valence-corrected chi connectivity index (χ4v) is 4.83. The van der Waals surface area contributed by atoms with Crippen LogP contribution in [0.25, 0.3) is 6.08 Å². The quantitative estimate of drug-likeness (QED) is 0.543. The number of methoxy groups -OCH3 is 2. The minimum Gasteiger partial charge on any atom is -0.497 e. The van der Waals surface area contributed by atoms with Gasteiger partial charge in [-0.25, -0.2) is 0 Å². The summed E-state index contributed by atoms with van der Waals surface area (Å²) in [6.07, 6.45) is 2.26. The van der Waals surface area contributed by atoms with Crippen molar-refractivity contribution in [3.05, 3.63) is 95.6 Å². The van der Waals surface area contributed by atoms with Crippen molar-refractivity contribution in [2.24, 2.45) is 11.0 Å². The van der Waals surface area contributed by atoms with Gasteiger partial charge in [0.2, 0.25) is 0 Å². The minimum atomic E-state index is 0.121. The lowest BCUT2D eigenvalue weighted by Crippen LogP contribution is -2.41. The van der Waals surface area contributed by atoms with Gasteiger partial charge in [-0.05, 0) is 66.2 Å². The van der Waals surface area contributed by atoms with Crippen LogP contribution in [0.2, 0.25) is 0 Å². The van der Waals surface area contributed by atoms with Gasteiger partial charge >= 0.3 is 0 Å². The zero-order valence-corrected chi connectivity index (χ0v) is 19.3. The molecule has 3 aromatic rings. The highest BCUT2D eigenvalue weighted by molar-refractivity contribution is 6.09. The molecule has 3 aromatic carbocycles. The van der Waals surface area contributed by atoms with Crippen molar-refractivity contribution in [1.82, 2.24) is 4.90 Å². The number of likely N-dealkylation sites (N-methyl/N-ethyl adjacent to an activating group) is 1. The number of likely N-dealkylation sites (tertiary alicyclic amines) is 1. The molecule has 5 heteroatoms. The fourth-order valence-electron chi connectivity index (χ4n) is 4.83. The number of ether oxygens (including phenoxy) is 2. The van der Waals surface area contributed by atoms with Crippen LogP contribution in [0.4, 0.5) is 5.69 Å². The van der Waals surface area contributed by atoms with Gasteiger partial charge in [-0.1, -0.05) is 42.5 Å². The van der Waals surface area contributed by atoms with Crippen LogP contribution in [0, 0.1) is 5.92 Å². The van der Waals surface area contributed by atoms with Crippen LogP contribution in [-0.4, -0.2) is 45.0 Å².